The topological polar surface area (TPSA) is 58.4 Å². The first-order valence-corrected chi connectivity index (χ1v) is 4.85. The molecule has 96 valence electrons. The minimum atomic E-state index is -4.17. The van der Waals surface area contributed by atoms with Crippen molar-refractivity contribution in [1.82, 2.24) is 10.3 Å². The smallest absolute Gasteiger partial charge is 0.305 e. The van der Waals surface area contributed by atoms with E-state index in [1.807, 2.05) is 5.43 Å². The first-order chi connectivity index (χ1) is 7.08. The van der Waals surface area contributed by atoms with Gasteiger partial charge in [0.15, 0.2) is 0 Å². The Kier molecular flexibility index (Phi) is 5.21. The van der Waals surface area contributed by atoms with Crippen LogP contribution in [0, 0.1) is 5.41 Å². The van der Waals surface area contributed by atoms with Crippen molar-refractivity contribution in [3.05, 3.63) is 0 Å². The first-order valence-electron chi connectivity index (χ1n) is 4.85. The van der Waals surface area contributed by atoms with E-state index in [-0.39, 0.29) is 13.1 Å². The largest absolute Gasteiger partial charge is 0.390 e. The number of amides is 1. The van der Waals surface area contributed by atoms with Gasteiger partial charge in [-0.1, -0.05) is 0 Å². The SMILES string of the molecule is CN(CCC(F)(F)F)CC(C)(C)C(=O)NN. The number of nitrogens with two attached hydrogens (primary N) is 1. The lowest BCUT2D eigenvalue weighted by atomic mass is 9.92. The van der Waals surface area contributed by atoms with Gasteiger partial charge in [-0.05, 0) is 20.9 Å². The van der Waals surface area contributed by atoms with Crippen LogP contribution in [-0.4, -0.2) is 37.1 Å². The number of nitrogens with zero attached hydrogens (tertiary/aromatic N) is 1. The van der Waals surface area contributed by atoms with Gasteiger partial charge >= 0.3 is 6.18 Å². The number of alkyl halides is 3. The van der Waals surface area contributed by atoms with E-state index in [4.69, 9.17) is 5.84 Å². The van der Waals surface area contributed by atoms with Gasteiger partial charge in [0.1, 0.15) is 0 Å². The highest BCUT2D eigenvalue weighted by Crippen LogP contribution is 2.21. The Hall–Kier alpha value is -0.820. The first kappa shape index (κ1) is 15.2. The molecular weight excluding hydrogens is 223 g/mol. The molecule has 0 aromatic heterocycles. The maximum absolute atomic E-state index is 11.9. The average Bonchev–Trinajstić information content (AvgIpc) is 2.11. The van der Waals surface area contributed by atoms with E-state index in [0.29, 0.717) is 0 Å². The molecular formula is C9H18F3N3O. The van der Waals surface area contributed by atoms with E-state index in [1.165, 1.54) is 11.9 Å². The molecule has 0 atom stereocenters. The highest BCUT2D eigenvalue weighted by molar-refractivity contribution is 5.81. The fraction of sp³-hybridized carbons (Fsp3) is 0.889. The molecule has 0 heterocycles. The number of carbonyl (C=O) groups is 1. The minimum absolute atomic E-state index is 0.134. The van der Waals surface area contributed by atoms with Gasteiger partial charge in [-0.15, -0.1) is 0 Å². The second-order valence-corrected chi connectivity index (χ2v) is 4.46. The van der Waals surface area contributed by atoms with Crippen LogP contribution < -0.4 is 11.3 Å². The summed E-state index contributed by atoms with van der Waals surface area (Å²) in [7, 11) is 1.54. The van der Waals surface area contributed by atoms with Gasteiger partial charge in [0.2, 0.25) is 5.91 Å². The molecule has 0 aromatic carbocycles. The highest BCUT2D eigenvalue weighted by atomic mass is 19.4. The Morgan fingerprint density at radius 1 is 1.38 bits per heavy atom. The third-order valence-corrected chi connectivity index (χ3v) is 2.19. The molecule has 0 radical (unpaired) electrons. The fourth-order valence-corrected chi connectivity index (χ4v) is 1.34. The molecule has 0 bridgehead atoms. The molecule has 16 heavy (non-hydrogen) atoms. The summed E-state index contributed by atoms with van der Waals surface area (Å²) in [6, 6.07) is 0. The van der Waals surface area contributed by atoms with Crippen molar-refractivity contribution in [2.75, 3.05) is 20.1 Å². The maximum atomic E-state index is 11.9. The molecule has 0 aromatic rings. The normalized spacial score (nSPS) is 13.0. The lowest BCUT2D eigenvalue weighted by Crippen LogP contribution is -2.46. The average molecular weight is 241 g/mol. The maximum Gasteiger partial charge on any atom is 0.390 e. The molecule has 7 heteroatoms. The van der Waals surface area contributed by atoms with Gasteiger partial charge in [0.05, 0.1) is 11.8 Å². The predicted octanol–water partition coefficient (Wildman–Crippen LogP) is 0.887. The molecule has 0 aliphatic rings. The van der Waals surface area contributed by atoms with Crippen molar-refractivity contribution < 1.29 is 18.0 Å². The zero-order valence-corrected chi connectivity index (χ0v) is 9.69. The van der Waals surface area contributed by atoms with Gasteiger partial charge in [0.25, 0.3) is 0 Å². The fourth-order valence-electron chi connectivity index (χ4n) is 1.34. The van der Waals surface area contributed by atoms with Gasteiger partial charge < -0.3 is 4.90 Å². The molecule has 0 rings (SSSR count). The van der Waals surface area contributed by atoms with Crippen LogP contribution in [0.2, 0.25) is 0 Å². The van der Waals surface area contributed by atoms with Gasteiger partial charge in [0, 0.05) is 13.1 Å². The monoisotopic (exact) mass is 241 g/mol. The Labute approximate surface area is 92.9 Å². The standard InChI is InChI=1S/C9H18F3N3O/c1-8(2,7(16)14-13)6-15(3)5-4-9(10,11)12/h4-6,13H2,1-3H3,(H,14,16). The van der Waals surface area contributed by atoms with Crippen molar-refractivity contribution in [1.29, 1.82) is 0 Å². The van der Waals surface area contributed by atoms with Crippen molar-refractivity contribution in [3.63, 3.8) is 0 Å². The number of hydrogen-bond donors (Lipinski definition) is 2. The van der Waals surface area contributed by atoms with Gasteiger partial charge in [-0.2, -0.15) is 13.2 Å². The van der Waals surface area contributed by atoms with Crippen molar-refractivity contribution in [2.45, 2.75) is 26.4 Å². The Bertz CT molecular complexity index is 241. The summed E-state index contributed by atoms with van der Waals surface area (Å²) in [6.45, 7) is 3.33. The number of nitrogens with one attached hydrogen (secondary N) is 1. The molecule has 0 unspecified atom stereocenters. The molecule has 0 aliphatic heterocycles. The molecule has 0 aliphatic carbocycles. The van der Waals surface area contributed by atoms with Gasteiger partial charge in [-0.3, -0.25) is 10.2 Å². The Balaban J connectivity index is 4.14. The second-order valence-electron chi connectivity index (χ2n) is 4.46. The summed E-state index contributed by atoms with van der Waals surface area (Å²) in [5.41, 5.74) is 1.18. The van der Waals surface area contributed by atoms with Crippen LogP contribution in [0.4, 0.5) is 13.2 Å². The van der Waals surface area contributed by atoms with E-state index < -0.39 is 23.9 Å². The number of halogens is 3. The van der Waals surface area contributed by atoms with Crippen molar-refractivity contribution in [3.8, 4) is 0 Å². The third-order valence-electron chi connectivity index (χ3n) is 2.19. The lowest BCUT2D eigenvalue weighted by molar-refractivity contribution is -0.139. The number of hydrogen-bond acceptors (Lipinski definition) is 3. The van der Waals surface area contributed by atoms with Crippen LogP contribution in [0.5, 0.6) is 0 Å². The molecule has 0 spiro atoms. The van der Waals surface area contributed by atoms with E-state index in [0.717, 1.165) is 0 Å². The summed E-state index contributed by atoms with van der Waals surface area (Å²) in [5, 5.41) is 0. The molecule has 3 N–H and O–H groups in total. The summed E-state index contributed by atoms with van der Waals surface area (Å²) in [5.74, 6) is 4.58. The summed E-state index contributed by atoms with van der Waals surface area (Å²) in [4.78, 5) is 12.7. The van der Waals surface area contributed by atoms with Crippen LogP contribution >= 0.6 is 0 Å². The van der Waals surface area contributed by atoms with Crippen molar-refractivity contribution in [2.24, 2.45) is 11.3 Å². The van der Waals surface area contributed by atoms with E-state index >= 15 is 0 Å². The Morgan fingerprint density at radius 2 is 1.88 bits per heavy atom. The predicted molar refractivity (Wildman–Crippen MR) is 54.3 cm³/mol. The Morgan fingerprint density at radius 3 is 2.25 bits per heavy atom. The molecule has 4 nitrogen and oxygen atoms in total. The zero-order chi connectivity index (χ0) is 13.0. The number of rotatable bonds is 5. The third kappa shape index (κ3) is 5.92. The lowest BCUT2D eigenvalue weighted by Gasteiger charge is -2.28. The van der Waals surface area contributed by atoms with Crippen LogP contribution in [-0.2, 0) is 4.79 Å². The van der Waals surface area contributed by atoms with Crippen molar-refractivity contribution >= 4 is 5.91 Å². The number of hydrazine groups is 1. The van der Waals surface area contributed by atoms with Crippen LogP contribution in [0.3, 0.4) is 0 Å². The minimum Gasteiger partial charge on any atom is -0.305 e. The summed E-state index contributed by atoms with van der Waals surface area (Å²) < 4.78 is 35.8. The van der Waals surface area contributed by atoms with Crippen LogP contribution in [0.25, 0.3) is 0 Å². The summed E-state index contributed by atoms with van der Waals surface area (Å²) in [6.07, 6.45) is -5.06. The summed E-state index contributed by atoms with van der Waals surface area (Å²) >= 11 is 0. The van der Waals surface area contributed by atoms with Crippen LogP contribution in [0.1, 0.15) is 20.3 Å². The molecule has 0 saturated heterocycles. The van der Waals surface area contributed by atoms with Crippen LogP contribution in [0.15, 0.2) is 0 Å². The number of carbonyl (C=O) groups excluding carboxylic acids is 1. The molecule has 1 amide bonds. The van der Waals surface area contributed by atoms with E-state index in [1.54, 1.807) is 13.8 Å². The van der Waals surface area contributed by atoms with E-state index in [9.17, 15) is 18.0 Å². The molecule has 0 saturated carbocycles. The van der Waals surface area contributed by atoms with Gasteiger partial charge in [-0.25, -0.2) is 5.84 Å². The molecule has 0 fully saturated rings. The zero-order valence-electron chi connectivity index (χ0n) is 9.69. The quantitative estimate of drug-likeness (QED) is 0.427. The highest BCUT2D eigenvalue weighted by Gasteiger charge is 2.31. The van der Waals surface area contributed by atoms with E-state index in [2.05, 4.69) is 0 Å². The second kappa shape index (κ2) is 5.49.